The summed E-state index contributed by atoms with van der Waals surface area (Å²) in [7, 11) is 0. The normalized spacial score (nSPS) is 24.1. The number of carbonyl (C=O) groups is 2. The van der Waals surface area contributed by atoms with E-state index in [1.165, 1.54) is 6.92 Å². The lowest BCUT2D eigenvalue weighted by Gasteiger charge is -2.30. The highest BCUT2D eigenvalue weighted by Crippen LogP contribution is 2.34. The molecule has 0 bridgehead atoms. The predicted octanol–water partition coefficient (Wildman–Crippen LogP) is 2.50. The van der Waals surface area contributed by atoms with Crippen molar-refractivity contribution >= 4 is 24.2 Å². The number of halogens is 1. The number of carbonyl (C=O) groups excluding carboxylic acids is 2. The zero-order valence-electron chi connectivity index (χ0n) is 17.2. The van der Waals surface area contributed by atoms with Crippen molar-refractivity contribution in [3.63, 3.8) is 0 Å². The first-order valence-corrected chi connectivity index (χ1v) is 10.6. The summed E-state index contributed by atoms with van der Waals surface area (Å²) in [5.74, 6) is 0.914. The number of amides is 2. The van der Waals surface area contributed by atoms with Crippen LogP contribution in [-0.4, -0.2) is 34.0 Å². The molecule has 0 unspecified atom stereocenters. The van der Waals surface area contributed by atoms with Crippen molar-refractivity contribution in [1.29, 1.82) is 0 Å². The molecule has 1 aromatic heterocycles. The first-order valence-electron chi connectivity index (χ1n) is 10.6. The second kappa shape index (κ2) is 10.9. The van der Waals surface area contributed by atoms with Crippen molar-refractivity contribution in [3.05, 3.63) is 11.7 Å². The van der Waals surface area contributed by atoms with Crippen molar-refractivity contribution in [2.45, 2.75) is 102 Å². The van der Waals surface area contributed by atoms with Gasteiger partial charge in [0.15, 0.2) is 5.82 Å². The molecular weight excluding hydrogens is 394 g/mol. The topological polar surface area (TPSA) is 123 Å². The number of aryl methyl sites for hydroxylation is 1. The molecule has 164 valence electrons. The molecule has 2 aliphatic carbocycles. The van der Waals surface area contributed by atoms with Crippen LogP contribution in [0, 0.1) is 0 Å². The lowest BCUT2D eigenvalue weighted by atomic mass is 9.89. The number of nitrogens with two attached hydrogens (primary N) is 1. The zero-order chi connectivity index (χ0) is 20.0. The molecule has 0 aliphatic heterocycles. The van der Waals surface area contributed by atoms with E-state index in [1.807, 2.05) is 0 Å². The number of rotatable bonds is 6. The Labute approximate surface area is 178 Å². The maximum Gasteiger partial charge on any atom is 0.227 e. The van der Waals surface area contributed by atoms with Crippen LogP contribution in [0.4, 0.5) is 0 Å². The van der Waals surface area contributed by atoms with Crippen molar-refractivity contribution in [1.82, 2.24) is 20.8 Å². The summed E-state index contributed by atoms with van der Waals surface area (Å²) in [6.45, 7) is 1.52. The molecule has 0 saturated heterocycles. The van der Waals surface area contributed by atoms with Gasteiger partial charge in [-0.25, -0.2) is 0 Å². The van der Waals surface area contributed by atoms with E-state index >= 15 is 0 Å². The molecule has 0 radical (unpaired) electrons. The van der Waals surface area contributed by atoms with Gasteiger partial charge >= 0.3 is 0 Å². The molecule has 0 atom stereocenters. The predicted molar refractivity (Wildman–Crippen MR) is 111 cm³/mol. The summed E-state index contributed by atoms with van der Waals surface area (Å²) in [4.78, 5) is 28.6. The average Bonchev–Trinajstić information content (AvgIpc) is 3.02. The molecule has 2 aliphatic rings. The van der Waals surface area contributed by atoms with Gasteiger partial charge in [0.2, 0.25) is 17.7 Å². The Kier molecular flexibility index (Phi) is 8.89. The lowest BCUT2D eigenvalue weighted by Crippen LogP contribution is -2.45. The van der Waals surface area contributed by atoms with Gasteiger partial charge < -0.3 is 20.9 Å². The van der Waals surface area contributed by atoms with Crippen molar-refractivity contribution < 1.29 is 14.1 Å². The Hall–Kier alpha value is -1.67. The van der Waals surface area contributed by atoms with E-state index in [9.17, 15) is 9.59 Å². The summed E-state index contributed by atoms with van der Waals surface area (Å²) < 4.78 is 5.41. The largest absolute Gasteiger partial charge is 0.353 e. The molecular formula is C20H34ClN5O3. The summed E-state index contributed by atoms with van der Waals surface area (Å²) in [6.07, 6.45) is 10.5. The molecule has 0 spiro atoms. The average molecular weight is 428 g/mol. The maximum atomic E-state index is 12.2. The second-order valence-electron chi connectivity index (χ2n) is 8.37. The number of nitrogens with one attached hydrogen (secondary N) is 2. The SMILES string of the molecule is CC(=O)NC1(c2noc(CCC(=O)NC3CCC(N)CC3)n2)CCCCCC1.Cl. The highest BCUT2D eigenvalue weighted by Gasteiger charge is 2.38. The summed E-state index contributed by atoms with van der Waals surface area (Å²) in [6, 6.07) is 0.490. The van der Waals surface area contributed by atoms with Crippen molar-refractivity contribution in [2.24, 2.45) is 5.73 Å². The molecule has 29 heavy (non-hydrogen) atoms. The molecule has 0 aromatic carbocycles. The van der Waals surface area contributed by atoms with Gasteiger partial charge in [-0.2, -0.15) is 4.98 Å². The fraction of sp³-hybridized carbons (Fsp3) is 0.800. The Morgan fingerprint density at radius 2 is 1.79 bits per heavy atom. The lowest BCUT2D eigenvalue weighted by molar-refractivity contribution is -0.122. The van der Waals surface area contributed by atoms with Crippen LogP contribution in [0.1, 0.15) is 89.3 Å². The van der Waals surface area contributed by atoms with Crippen LogP contribution < -0.4 is 16.4 Å². The van der Waals surface area contributed by atoms with Crippen LogP contribution in [0.5, 0.6) is 0 Å². The van der Waals surface area contributed by atoms with Gasteiger partial charge in [-0.05, 0) is 38.5 Å². The highest BCUT2D eigenvalue weighted by atomic mass is 35.5. The minimum Gasteiger partial charge on any atom is -0.353 e. The molecule has 4 N–H and O–H groups in total. The minimum atomic E-state index is -0.548. The van der Waals surface area contributed by atoms with E-state index in [1.54, 1.807) is 0 Å². The van der Waals surface area contributed by atoms with Gasteiger partial charge in [0.25, 0.3) is 0 Å². The Morgan fingerprint density at radius 3 is 2.41 bits per heavy atom. The van der Waals surface area contributed by atoms with E-state index in [0.717, 1.165) is 64.2 Å². The maximum absolute atomic E-state index is 12.2. The second-order valence-corrected chi connectivity index (χ2v) is 8.37. The molecule has 2 saturated carbocycles. The monoisotopic (exact) mass is 427 g/mol. The van der Waals surface area contributed by atoms with Crippen LogP contribution in [0.15, 0.2) is 4.52 Å². The van der Waals surface area contributed by atoms with E-state index in [2.05, 4.69) is 20.8 Å². The van der Waals surface area contributed by atoms with Crippen molar-refractivity contribution in [3.8, 4) is 0 Å². The van der Waals surface area contributed by atoms with Gasteiger partial charge in [0, 0.05) is 31.8 Å². The van der Waals surface area contributed by atoms with Gasteiger partial charge in [-0.3, -0.25) is 9.59 Å². The van der Waals surface area contributed by atoms with Crippen LogP contribution in [0.25, 0.3) is 0 Å². The standard InChI is InChI=1S/C20H33N5O3.ClH/c1-14(26)24-20(12-4-2-3-5-13-20)19-23-18(28-25-19)11-10-17(27)22-16-8-6-15(21)7-9-16;/h15-16H,2-13,21H2,1H3,(H,22,27)(H,24,26);1H. The molecule has 2 fully saturated rings. The molecule has 1 heterocycles. The van der Waals surface area contributed by atoms with Crippen LogP contribution in [0.3, 0.4) is 0 Å². The fourth-order valence-electron chi connectivity index (χ4n) is 4.41. The summed E-state index contributed by atoms with van der Waals surface area (Å²) in [5, 5.41) is 10.3. The van der Waals surface area contributed by atoms with Gasteiger partial charge in [-0.15, -0.1) is 12.4 Å². The van der Waals surface area contributed by atoms with Gasteiger partial charge in [0.05, 0.1) is 0 Å². The first-order chi connectivity index (χ1) is 13.5. The smallest absolute Gasteiger partial charge is 0.227 e. The van der Waals surface area contributed by atoms with E-state index in [0.29, 0.717) is 24.6 Å². The summed E-state index contributed by atoms with van der Waals surface area (Å²) in [5.41, 5.74) is 5.36. The van der Waals surface area contributed by atoms with Crippen LogP contribution in [0.2, 0.25) is 0 Å². The third kappa shape index (κ3) is 6.67. The van der Waals surface area contributed by atoms with Crippen LogP contribution >= 0.6 is 12.4 Å². The first kappa shape index (κ1) is 23.6. The Bertz CT molecular complexity index is 665. The highest BCUT2D eigenvalue weighted by molar-refractivity contribution is 5.85. The minimum absolute atomic E-state index is 0. The molecule has 3 rings (SSSR count). The molecule has 1 aromatic rings. The van der Waals surface area contributed by atoms with Crippen LogP contribution in [-0.2, 0) is 21.5 Å². The Balaban J connectivity index is 0.00000300. The quantitative estimate of drug-likeness (QED) is 0.599. The number of hydrogen-bond acceptors (Lipinski definition) is 6. The van der Waals surface area contributed by atoms with E-state index < -0.39 is 5.54 Å². The van der Waals surface area contributed by atoms with E-state index in [4.69, 9.17) is 10.3 Å². The number of hydrogen-bond donors (Lipinski definition) is 3. The van der Waals surface area contributed by atoms with E-state index in [-0.39, 0.29) is 36.3 Å². The fourth-order valence-corrected chi connectivity index (χ4v) is 4.41. The molecule has 2 amide bonds. The van der Waals surface area contributed by atoms with Gasteiger partial charge in [-0.1, -0.05) is 30.8 Å². The van der Waals surface area contributed by atoms with Crippen molar-refractivity contribution in [2.75, 3.05) is 0 Å². The molecule has 9 heteroatoms. The third-order valence-electron chi connectivity index (χ3n) is 5.97. The Morgan fingerprint density at radius 1 is 1.14 bits per heavy atom. The number of nitrogens with zero attached hydrogens (tertiary/aromatic N) is 2. The number of aromatic nitrogens is 2. The third-order valence-corrected chi connectivity index (χ3v) is 5.97. The summed E-state index contributed by atoms with van der Waals surface area (Å²) >= 11 is 0. The molecule has 8 nitrogen and oxygen atoms in total. The zero-order valence-corrected chi connectivity index (χ0v) is 18.1. The van der Waals surface area contributed by atoms with Gasteiger partial charge in [0.1, 0.15) is 5.54 Å².